The van der Waals surface area contributed by atoms with Crippen molar-refractivity contribution in [3.05, 3.63) is 0 Å². The van der Waals surface area contributed by atoms with Gasteiger partial charge in [0.05, 0.1) is 13.2 Å². The second-order valence-electron chi connectivity index (χ2n) is 5.68. The van der Waals surface area contributed by atoms with Crippen LogP contribution in [0, 0.1) is 5.92 Å². The minimum Gasteiger partial charge on any atom is -0.379 e. The van der Waals surface area contributed by atoms with E-state index in [9.17, 15) is 4.79 Å². The van der Waals surface area contributed by atoms with Crippen molar-refractivity contribution in [2.75, 3.05) is 59.5 Å². The molecule has 0 aromatic rings. The molecule has 0 atom stereocenters. The van der Waals surface area contributed by atoms with Gasteiger partial charge in [0, 0.05) is 25.6 Å². The summed E-state index contributed by atoms with van der Waals surface area (Å²) in [4.78, 5) is 16.7. The van der Waals surface area contributed by atoms with Gasteiger partial charge in [-0.2, -0.15) is 0 Å². The van der Waals surface area contributed by atoms with Crippen molar-refractivity contribution in [2.45, 2.75) is 19.3 Å². The maximum Gasteiger partial charge on any atom is 0.223 e. The molecule has 2 rings (SSSR count). The van der Waals surface area contributed by atoms with Crippen molar-refractivity contribution in [1.82, 2.24) is 15.1 Å². The van der Waals surface area contributed by atoms with Gasteiger partial charge in [-0.1, -0.05) is 0 Å². The summed E-state index contributed by atoms with van der Waals surface area (Å²) in [6, 6.07) is 0. The van der Waals surface area contributed by atoms with E-state index in [1.807, 2.05) is 0 Å². The lowest BCUT2D eigenvalue weighted by Crippen LogP contribution is -2.41. The van der Waals surface area contributed by atoms with Gasteiger partial charge < -0.3 is 15.0 Å². The van der Waals surface area contributed by atoms with Crippen LogP contribution in [0.3, 0.4) is 0 Å². The molecule has 0 bridgehead atoms. The standard InChI is InChI=1S/C14H27N3O2/c1-16-7-3-13(4-8-16)14(18)15-5-2-6-17-9-11-19-12-10-17/h13H,2-12H2,1H3,(H,15,18). The Bertz CT molecular complexity index is 272. The minimum atomic E-state index is 0.236. The Hall–Kier alpha value is -0.650. The first-order valence-corrected chi connectivity index (χ1v) is 7.52. The van der Waals surface area contributed by atoms with Gasteiger partial charge in [-0.25, -0.2) is 0 Å². The molecule has 1 N–H and O–H groups in total. The fourth-order valence-electron chi connectivity index (χ4n) is 2.75. The van der Waals surface area contributed by atoms with Gasteiger partial charge >= 0.3 is 0 Å². The highest BCUT2D eigenvalue weighted by Gasteiger charge is 2.22. The Morgan fingerprint density at radius 3 is 2.58 bits per heavy atom. The normalized spacial score (nSPS) is 23.4. The van der Waals surface area contributed by atoms with E-state index in [0.717, 1.165) is 71.7 Å². The lowest BCUT2D eigenvalue weighted by molar-refractivity contribution is -0.126. The first-order chi connectivity index (χ1) is 9.25. The lowest BCUT2D eigenvalue weighted by Gasteiger charge is -2.28. The highest BCUT2D eigenvalue weighted by atomic mass is 16.5. The van der Waals surface area contributed by atoms with E-state index in [2.05, 4.69) is 22.2 Å². The van der Waals surface area contributed by atoms with Crippen LogP contribution in [0.5, 0.6) is 0 Å². The summed E-state index contributed by atoms with van der Waals surface area (Å²) in [5.41, 5.74) is 0. The molecule has 0 radical (unpaired) electrons. The molecule has 1 amide bonds. The number of ether oxygens (including phenoxy) is 1. The summed E-state index contributed by atoms with van der Waals surface area (Å²) in [7, 11) is 2.12. The first-order valence-electron chi connectivity index (χ1n) is 7.52. The van der Waals surface area contributed by atoms with Crippen molar-refractivity contribution in [2.24, 2.45) is 5.92 Å². The zero-order chi connectivity index (χ0) is 13.5. The maximum absolute atomic E-state index is 12.0. The SMILES string of the molecule is CN1CCC(C(=O)NCCCN2CCOCC2)CC1. The third-order valence-electron chi connectivity index (χ3n) is 4.14. The van der Waals surface area contributed by atoms with Crippen molar-refractivity contribution < 1.29 is 9.53 Å². The van der Waals surface area contributed by atoms with Crippen molar-refractivity contribution >= 4 is 5.91 Å². The van der Waals surface area contributed by atoms with E-state index >= 15 is 0 Å². The highest BCUT2D eigenvalue weighted by molar-refractivity contribution is 5.78. The molecule has 0 aromatic carbocycles. The van der Waals surface area contributed by atoms with Crippen LogP contribution in [0.25, 0.3) is 0 Å². The van der Waals surface area contributed by atoms with Gasteiger partial charge in [0.15, 0.2) is 0 Å². The van der Waals surface area contributed by atoms with Gasteiger partial charge in [0.25, 0.3) is 0 Å². The average Bonchev–Trinajstić information content (AvgIpc) is 2.45. The first kappa shape index (κ1) is 14.8. The molecule has 110 valence electrons. The number of amides is 1. The number of carbonyl (C=O) groups excluding carboxylic acids is 1. The Morgan fingerprint density at radius 2 is 1.89 bits per heavy atom. The summed E-state index contributed by atoms with van der Waals surface area (Å²) in [6.45, 7) is 7.73. The minimum absolute atomic E-state index is 0.236. The van der Waals surface area contributed by atoms with Crippen molar-refractivity contribution in [3.63, 3.8) is 0 Å². The molecule has 2 saturated heterocycles. The Balaban J connectivity index is 1.53. The Morgan fingerprint density at radius 1 is 1.21 bits per heavy atom. The Labute approximate surface area is 116 Å². The molecule has 5 heteroatoms. The summed E-state index contributed by atoms with van der Waals surface area (Å²) in [5.74, 6) is 0.495. The number of nitrogens with zero attached hydrogens (tertiary/aromatic N) is 2. The number of carbonyl (C=O) groups is 1. The number of hydrogen-bond acceptors (Lipinski definition) is 4. The lowest BCUT2D eigenvalue weighted by atomic mass is 9.96. The number of hydrogen-bond donors (Lipinski definition) is 1. The molecule has 0 aliphatic carbocycles. The average molecular weight is 269 g/mol. The molecule has 2 aliphatic heterocycles. The fraction of sp³-hybridized carbons (Fsp3) is 0.929. The maximum atomic E-state index is 12.0. The van der Waals surface area contributed by atoms with Gasteiger partial charge in [-0.3, -0.25) is 9.69 Å². The number of morpholine rings is 1. The molecular weight excluding hydrogens is 242 g/mol. The molecule has 0 unspecified atom stereocenters. The molecule has 5 nitrogen and oxygen atoms in total. The number of likely N-dealkylation sites (tertiary alicyclic amines) is 1. The van der Waals surface area contributed by atoms with E-state index in [1.54, 1.807) is 0 Å². The number of piperidine rings is 1. The van der Waals surface area contributed by atoms with E-state index in [4.69, 9.17) is 4.74 Å². The van der Waals surface area contributed by atoms with Crippen LogP contribution < -0.4 is 5.32 Å². The van der Waals surface area contributed by atoms with E-state index in [-0.39, 0.29) is 11.8 Å². The summed E-state index contributed by atoms with van der Waals surface area (Å²) in [5, 5.41) is 3.09. The van der Waals surface area contributed by atoms with Crippen LogP contribution in [-0.2, 0) is 9.53 Å². The third kappa shape index (κ3) is 5.09. The van der Waals surface area contributed by atoms with Crippen LogP contribution in [0.4, 0.5) is 0 Å². The van der Waals surface area contributed by atoms with Gasteiger partial charge in [0.1, 0.15) is 0 Å². The molecule has 2 fully saturated rings. The van der Waals surface area contributed by atoms with Crippen LogP contribution in [0.2, 0.25) is 0 Å². The highest BCUT2D eigenvalue weighted by Crippen LogP contribution is 2.15. The van der Waals surface area contributed by atoms with Gasteiger partial charge in [-0.15, -0.1) is 0 Å². The predicted molar refractivity (Wildman–Crippen MR) is 75.1 cm³/mol. The van der Waals surface area contributed by atoms with Crippen LogP contribution in [-0.4, -0.2) is 75.2 Å². The quantitative estimate of drug-likeness (QED) is 0.723. The second kappa shape index (κ2) is 7.82. The number of nitrogens with one attached hydrogen (secondary N) is 1. The van der Waals surface area contributed by atoms with Crippen LogP contribution in [0.1, 0.15) is 19.3 Å². The van der Waals surface area contributed by atoms with Crippen molar-refractivity contribution in [3.8, 4) is 0 Å². The molecule has 0 spiro atoms. The van der Waals surface area contributed by atoms with Gasteiger partial charge in [0.2, 0.25) is 5.91 Å². The molecule has 0 saturated carbocycles. The third-order valence-corrected chi connectivity index (χ3v) is 4.14. The van der Waals surface area contributed by atoms with E-state index < -0.39 is 0 Å². The summed E-state index contributed by atoms with van der Waals surface area (Å²) >= 11 is 0. The monoisotopic (exact) mass is 269 g/mol. The smallest absolute Gasteiger partial charge is 0.223 e. The largest absolute Gasteiger partial charge is 0.379 e. The molecular formula is C14H27N3O2. The number of rotatable bonds is 5. The fourth-order valence-corrected chi connectivity index (χ4v) is 2.75. The van der Waals surface area contributed by atoms with E-state index in [0.29, 0.717) is 0 Å². The molecule has 2 aliphatic rings. The molecule has 19 heavy (non-hydrogen) atoms. The summed E-state index contributed by atoms with van der Waals surface area (Å²) in [6.07, 6.45) is 3.05. The summed E-state index contributed by atoms with van der Waals surface area (Å²) < 4.78 is 5.32. The van der Waals surface area contributed by atoms with Crippen LogP contribution in [0.15, 0.2) is 0 Å². The zero-order valence-electron chi connectivity index (χ0n) is 12.1. The molecule has 0 aromatic heterocycles. The van der Waals surface area contributed by atoms with Crippen LogP contribution >= 0.6 is 0 Å². The molecule has 2 heterocycles. The van der Waals surface area contributed by atoms with Crippen molar-refractivity contribution in [1.29, 1.82) is 0 Å². The Kier molecular flexibility index (Phi) is 6.07. The topological polar surface area (TPSA) is 44.8 Å². The van der Waals surface area contributed by atoms with Gasteiger partial charge in [-0.05, 0) is 45.9 Å². The second-order valence-corrected chi connectivity index (χ2v) is 5.68. The zero-order valence-corrected chi connectivity index (χ0v) is 12.1. The predicted octanol–water partition coefficient (Wildman–Crippen LogP) is 0.167. The van der Waals surface area contributed by atoms with E-state index in [1.165, 1.54) is 0 Å².